The Morgan fingerprint density at radius 3 is 2.96 bits per heavy atom. The smallest absolute Gasteiger partial charge is 0.240 e. The van der Waals surface area contributed by atoms with Crippen molar-refractivity contribution in [2.24, 2.45) is 0 Å². The maximum Gasteiger partial charge on any atom is 0.240 e. The number of aromatic nitrogens is 4. The molecule has 0 amide bonds. The predicted molar refractivity (Wildman–Crippen MR) is 89.1 cm³/mol. The molecule has 0 spiro atoms. The zero-order chi connectivity index (χ0) is 17.2. The van der Waals surface area contributed by atoms with Crippen LogP contribution >= 0.6 is 0 Å². The Morgan fingerprint density at radius 1 is 1.24 bits per heavy atom. The summed E-state index contributed by atoms with van der Waals surface area (Å²) in [5, 5.41) is 11.7. The van der Waals surface area contributed by atoms with E-state index in [1.807, 2.05) is 35.1 Å². The molecular formula is C17H19N5O3. The van der Waals surface area contributed by atoms with Crippen LogP contribution in [0, 0.1) is 0 Å². The molecule has 2 aromatic heterocycles. The van der Waals surface area contributed by atoms with Crippen LogP contribution in [0.4, 0.5) is 0 Å². The van der Waals surface area contributed by atoms with Gasteiger partial charge in [-0.25, -0.2) is 0 Å². The third-order valence-electron chi connectivity index (χ3n) is 4.34. The molecule has 4 rings (SSSR count). The van der Waals surface area contributed by atoms with Crippen molar-refractivity contribution in [2.75, 3.05) is 6.79 Å². The van der Waals surface area contributed by atoms with Crippen LogP contribution in [0.3, 0.4) is 0 Å². The van der Waals surface area contributed by atoms with Crippen LogP contribution < -0.4 is 14.8 Å². The average Bonchev–Trinajstić information content (AvgIpc) is 3.39. The number of hydrogen-bond acceptors (Lipinski definition) is 7. The van der Waals surface area contributed by atoms with Gasteiger partial charge >= 0.3 is 0 Å². The summed E-state index contributed by atoms with van der Waals surface area (Å²) < 4.78 is 17.9. The standard InChI is InChI=1S/C17H19N5O3/c1-11(12(2)22-7-3-6-19-22)18-9-16-20-17(21-25-16)13-4-5-14-15(8-13)24-10-23-14/h3-8,11-12,18H,9-10H2,1-2H3/t11-,12-/m1/s1. The van der Waals surface area contributed by atoms with E-state index in [2.05, 4.69) is 34.4 Å². The highest BCUT2D eigenvalue weighted by atomic mass is 16.7. The topological polar surface area (TPSA) is 87.2 Å². The first-order valence-corrected chi connectivity index (χ1v) is 8.16. The molecule has 1 N–H and O–H groups in total. The van der Waals surface area contributed by atoms with Crippen molar-refractivity contribution in [1.29, 1.82) is 0 Å². The molecule has 0 saturated carbocycles. The SMILES string of the molecule is C[C@H]([C@@H](C)NCc1nc(-c2ccc3c(c2)OCO3)no1)n1cccn1. The molecule has 1 aliphatic heterocycles. The molecule has 0 fully saturated rings. The van der Waals surface area contributed by atoms with E-state index in [-0.39, 0.29) is 18.9 Å². The summed E-state index contributed by atoms with van der Waals surface area (Å²) in [6, 6.07) is 7.91. The fraction of sp³-hybridized carbons (Fsp3) is 0.353. The van der Waals surface area contributed by atoms with Crippen LogP contribution in [-0.4, -0.2) is 32.8 Å². The van der Waals surface area contributed by atoms with Crippen LogP contribution in [0.15, 0.2) is 41.2 Å². The van der Waals surface area contributed by atoms with Gasteiger partial charge < -0.3 is 19.3 Å². The predicted octanol–water partition coefficient (Wildman–Crippen LogP) is 2.40. The van der Waals surface area contributed by atoms with Crippen LogP contribution in [0.2, 0.25) is 0 Å². The summed E-state index contributed by atoms with van der Waals surface area (Å²) in [6.45, 7) is 4.94. The van der Waals surface area contributed by atoms with Crippen LogP contribution in [0.25, 0.3) is 11.4 Å². The Bertz CT molecular complexity index is 846. The van der Waals surface area contributed by atoms with Crippen LogP contribution in [-0.2, 0) is 6.54 Å². The minimum atomic E-state index is 0.195. The molecule has 8 heteroatoms. The first-order valence-electron chi connectivity index (χ1n) is 8.16. The van der Waals surface area contributed by atoms with Crippen LogP contribution in [0.1, 0.15) is 25.8 Å². The second kappa shape index (κ2) is 6.56. The minimum absolute atomic E-state index is 0.195. The molecule has 8 nitrogen and oxygen atoms in total. The Morgan fingerprint density at radius 2 is 2.12 bits per heavy atom. The summed E-state index contributed by atoms with van der Waals surface area (Å²) in [6.07, 6.45) is 3.73. The lowest BCUT2D eigenvalue weighted by molar-refractivity contribution is 0.174. The first kappa shape index (κ1) is 15.6. The monoisotopic (exact) mass is 341 g/mol. The Labute approximate surface area is 144 Å². The fourth-order valence-corrected chi connectivity index (χ4v) is 2.65. The summed E-state index contributed by atoms with van der Waals surface area (Å²) in [7, 11) is 0. The van der Waals surface area contributed by atoms with Crippen molar-refractivity contribution in [3.8, 4) is 22.9 Å². The molecule has 0 saturated heterocycles. The normalized spacial score (nSPS) is 15.3. The van der Waals surface area contributed by atoms with E-state index in [0.717, 1.165) is 11.3 Å². The van der Waals surface area contributed by atoms with Gasteiger partial charge in [0, 0.05) is 24.0 Å². The maximum absolute atomic E-state index is 5.38. The summed E-state index contributed by atoms with van der Waals surface area (Å²) in [5.74, 6) is 2.49. The number of benzene rings is 1. The largest absolute Gasteiger partial charge is 0.454 e. The van der Waals surface area contributed by atoms with E-state index in [1.54, 1.807) is 6.20 Å². The molecule has 3 aromatic rings. The van der Waals surface area contributed by atoms with Gasteiger partial charge in [0.15, 0.2) is 11.5 Å². The lowest BCUT2D eigenvalue weighted by Crippen LogP contribution is -2.33. The zero-order valence-corrected chi connectivity index (χ0v) is 14.0. The highest BCUT2D eigenvalue weighted by Gasteiger charge is 2.18. The third-order valence-corrected chi connectivity index (χ3v) is 4.34. The molecule has 130 valence electrons. The highest BCUT2D eigenvalue weighted by Crippen LogP contribution is 2.35. The van der Waals surface area contributed by atoms with Gasteiger partial charge in [-0.05, 0) is 38.1 Å². The van der Waals surface area contributed by atoms with Crippen molar-refractivity contribution in [2.45, 2.75) is 32.5 Å². The summed E-state index contributed by atoms with van der Waals surface area (Å²) in [5.41, 5.74) is 0.831. The zero-order valence-electron chi connectivity index (χ0n) is 14.0. The van der Waals surface area contributed by atoms with Crippen molar-refractivity contribution in [1.82, 2.24) is 25.2 Å². The van der Waals surface area contributed by atoms with Gasteiger partial charge in [-0.1, -0.05) is 5.16 Å². The second-order valence-corrected chi connectivity index (χ2v) is 5.98. The van der Waals surface area contributed by atoms with E-state index in [0.29, 0.717) is 24.0 Å². The molecule has 0 radical (unpaired) electrons. The quantitative estimate of drug-likeness (QED) is 0.736. The van der Waals surface area contributed by atoms with Gasteiger partial charge in [0.1, 0.15) is 0 Å². The lowest BCUT2D eigenvalue weighted by atomic mass is 10.2. The third kappa shape index (κ3) is 3.20. The van der Waals surface area contributed by atoms with Crippen LogP contribution in [0.5, 0.6) is 11.5 Å². The summed E-state index contributed by atoms with van der Waals surface area (Å²) >= 11 is 0. The number of hydrogen-bond donors (Lipinski definition) is 1. The molecule has 3 heterocycles. The number of rotatable bonds is 6. The van der Waals surface area contributed by atoms with Crippen molar-refractivity contribution in [3.63, 3.8) is 0 Å². The molecule has 25 heavy (non-hydrogen) atoms. The van der Waals surface area contributed by atoms with Gasteiger partial charge in [-0.2, -0.15) is 10.1 Å². The van der Waals surface area contributed by atoms with Crippen molar-refractivity contribution in [3.05, 3.63) is 42.5 Å². The van der Waals surface area contributed by atoms with Gasteiger partial charge in [-0.3, -0.25) is 4.68 Å². The first-order chi connectivity index (χ1) is 12.2. The van der Waals surface area contributed by atoms with Crippen molar-refractivity contribution >= 4 is 0 Å². The molecule has 1 aromatic carbocycles. The number of fused-ring (bicyclic) bond motifs is 1. The number of nitrogens with one attached hydrogen (secondary N) is 1. The molecule has 0 unspecified atom stereocenters. The molecule has 0 bridgehead atoms. The van der Waals surface area contributed by atoms with Gasteiger partial charge in [0.2, 0.25) is 18.5 Å². The Kier molecular flexibility index (Phi) is 4.10. The van der Waals surface area contributed by atoms with E-state index in [9.17, 15) is 0 Å². The molecule has 0 aliphatic carbocycles. The number of ether oxygens (including phenoxy) is 2. The Hall–Kier alpha value is -2.87. The highest BCUT2D eigenvalue weighted by molar-refractivity contribution is 5.61. The van der Waals surface area contributed by atoms with Gasteiger partial charge in [0.25, 0.3) is 0 Å². The van der Waals surface area contributed by atoms with E-state index >= 15 is 0 Å². The average molecular weight is 341 g/mol. The fourth-order valence-electron chi connectivity index (χ4n) is 2.65. The summed E-state index contributed by atoms with van der Waals surface area (Å²) in [4.78, 5) is 4.44. The second-order valence-electron chi connectivity index (χ2n) is 5.98. The maximum atomic E-state index is 5.38. The van der Waals surface area contributed by atoms with Gasteiger partial charge in [-0.15, -0.1) is 0 Å². The molecular weight excluding hydrogens is 322 g/mol. The number of nitrogens with zero attached hydrogens (tertiary/aromatic N) is 4. The molecule has 2 atom stereocenters. The lowest BCUT2D eigenvalue weighted by Gasteiger charge is -2.20. The Balaban J connectivity index is 1.40. The van der Waals surface area contributed by atoms with Crippen molar-refractivity contribution < 1.29 is 14.0 Å². The van der Waals surface area contributed by atoms with E-state index in [1.165, 1.54) is 0 Å². The minimum Gasteiger partial charge on any atom is -0.454 e. The van der Waals surface area contributed by atoms with Gasteiger partial charge in [0.05, 0.1) is 12.6 Å². The van der Waals surface area contributed by atoms with E-state index < -0.39 is 0 Å². The molecule has 1 aliphatic rings. The van der Waals surface area contributed by atoms with E-state index in [4.69, 9.17) is 14.0 Å².